The topological polar surface area (TPSA) is 137 Å². The number of ether oxygens (including phenoxy) is 1. The highest BCUT2D eigenvalue weighted by molar-refractivity contribution is 5.99. The number of aromatic carboxylic acids is 1. The minimum Gasteiger partial charge on any atom is -0.477 e. The van der Waals surface area contributed by atoms with Gasteiger partial charge in [0.1, 0.15) is 17.2 Å². The maximum absolute atomic E-state index is 13.0. The molecule has 0 saturated heterocycles. The number of para-hydroxylation sites is 2. The summed E-state index contributed by atoms with van der Waals surface area (Å²) in [7, 11) is 1.27. The molecule has 4 aromatic carbocycles. The number of aromatic nitrogens is 2. The Bertz CT molecular complexity index is 2280. The van der Waals surface area contributed by atoms with E-state index < -0.39 is 29.3 Å². The van der Waals surface area contributed by atoms with E-state index in [9.17, 15) is 29.1 Å². The summed E-state index contributed by atoms with van der Waals surface area (Å²) in [6.45, 7) is 4.63. The molecule has 50 heavy (non-hydrogen) atoms. The zero-order chi connectivity index (χ0) is 35.8. The summed E-state index contributed by atoms with van der Waals surface area (Å²) in [5, 5.41) is 12.7. The van der Waals surface area contributed by atoms with Crippen LogP contribution in [0.15, 0.2) is 131 Å². The second kappa shape index (κ2) is 15.7. The first-order valence-electron chi connectivity index (χ1n) is 16.0. The molecule has 0 aliphatic carbocycles. The van der Waals surface area contributed by atoms with E-state index in [-0.39, 0.29) is 22.5 Å². The zero-order valence-electron chi connectivity index (χ0n) is 27.9. The highest BCUT2D eigenvalue weighted by Gasteiger charge is 2.27. The normalized spacial score (nSPS) is 11.4. The van der Waals surface area contributed by atoms with Crippen LogP contribution in [-0.4, -0.2) is 45.2 Å². The number of carboxylic acids is 1. The molecule has 0 unspecified atom stereocenters. The first-order chi connectivity index (χ1) is 24.1. The van der Waals surface area contributed by atoms with Crippen molar-refractivity contribution in [1.82, 2.24) is 14.5 Å². The van der Waals surface area contributed by atoms with Gasteiger partial charge >= 0.3 is 11.9 Å². The SMILES string of the molecule is COC(=O)[C@@H](NC(=O)c1cn(Cc2ccccc2)c2ccccc2c1=O)C(C)C.O=C(O)c1cn(Cc2ccccc2)c2ccccc2c1=O. The fourth-order valence-corrected chi connectivity index (χ4v) is 5.67. The number of carbonyl (C=O) groups is 3. The first-order valence-corrected chi connectivity index (χ1v) is 16.0. The van der Waals surface area contributed by atoms with Crippen molar-refractivity contribution in [2.45, 2.75) is 33.0 Å². The molecule has 1 amide bonds. The largest absolute Gasteiger partial charge is 0.477 e. The summed E-state index contributed by atoms with van der Waals surface area (Å²) >= 11 is 0. The molecule has 6 aromatic rings. The quantitative estimate of drug-likeness (QED) is 0.188. The Kier molecular flexibility index (Phi) is 11.0. The van der Waals surface area contributed by atoms with Gasteiger partial charge in [0.25, 0.3) is 5.91 Å². The number of carbonyl (C=O) groups excluding carboxylic acids is 2. The number of benzene rings is 4. The second-order valence-corrected chi connectivity index (χ2v) is 12.0. The third-order valence-corrected chi connectivity index (χ3v) is 8.25. The lowest BCUT2D eigenvalue weighted by atomic mass is 10.0. The van der Waals surface area contributed by atoms with Crippen LogP contribution in [0.25, 0.3) is 21.8 Å². The predicted molar refractivity (Wildman–Crippen MR) is 193 cm³/mol. The van der Waals surface area contributed by atoms with Gasteiger partial charge in [0.05, 0.1) is 18.1 Å². The van der Waals surface area contributed by atoms with Gasteiger partial charge in [0.15, 0.2) is 0 Å². The van der Waals surface area contributed by atoms with Gasteiger partial charge in [-0.15, -0.1) is 0 Å². The van der Waals surface area contributed by atoms with Crippen molar-refractivity contribution >= 4 is 39.7 Å². The van der Waals surface area contributed by atoms with E-state index in [4.69, 9.17) is 4.74 Å². The molecule has 1 atom stereocenters. The van der Waals surface area contributed by atoms with Crippen LogP contribution in [-0.2, 0) is 22.6 Å². The number of methoxy groups -OCH3 is 1. The molecule has 0 bridgehead atoms. The average molecular weight is 672 g/mol. The van der Waals surface area contributed by atoms with E-state index in [1.165, 1.54) is 13.3 Å². The molecule has 6 rings (SSSR count). The monoisotopic (exact) mass is 671 g/mol. The number of carboxylic acid groups (broad SMARTS) is 1. The van der Waals surface area contributed by atoms with E-state index in [1.807, 2.05) is 89.5 Å². The van der Waals surface area contributed by atoms with Gasteiger partial charge in [-0.05, 0) is 41.3 Å². The number of esters is 1. The highest BCUT2D eigenvalue weighted by atomic mass is 16.5. The molecule has 0 aliphatic heterocycles. The minimum absolute atomic E-state index is 0.00539. The number of pyridine rings is 2. The van der Waals surface area contributed by atoms with Crippen LogP contribution in [0.2, 0.25) is 0 Å². The molecule has 0 aliphatic rings. The molecule has 2 aromatic heterocycles. The Balaban J connectivity index is 0.000000204. The summed E-state index contributed by atoms with van der Waals surface area (Å²) in [6.07, 6.45) is 2.97. The standard InChI is InChI=1S/C23H24N2O4.C17H13NO3/c1-15(2)20(23(28)29-3)24-22(27)18-14-25(13-16-9-5-4-6-10-16)19-12-8-7-11-17(19)21(18)26;19-16-13-8-4-5-9-15(13)18(11-14(16)17(20)21)10-12-6-2-1-3-7-12/h4-12,14-15,20H,13H2,1-3H3,(H,24,27);1-9,11H,10H2,(H,20,21)/t20-;/m0./s1. The molecule has 254 valence electrons. The van der Waals surface area contributed by atoms with Crippen molar-refractivity contribution in [3.63, 3.8) is 0 Å². The maximum Gasteiger partial charge on any atom is 0.341 e. The molecule has 0 spiro atoms. The maximum atomic E-state index is 13.0. The fraction of sp³-hybridized carbons (Fsp3) is 0.175. The van der Waals surface area contributed by atoms with Crippen LogP contribution < -0.4 is 16.2 Å². The molecule has 2 heterocycles. The summed E-state index contributed by atoms with van der Waals surface area (Å²) < 4.78 is 8.46. The molecule has 0 fully saturated rings. The number of rotatable bonds is 9. The summed E-state index contributed by atoms with van der Waals surface area (Å²) in [5.74, 6) is -2.52. The number of hydrogen-bond acceptors (Lipinski definition) is 6. The lowest BCUT2D eigenvalue weighted by Crippen LogP contribution is -2.46. The first kappa shape index (κ1) is 35.0. The van der Waals surface area contributed by atoms with Crippen molar-refractivity contribution in [3.8, 4) is 0 Å². The molecular formula is C40H37N3O7. The number of amides is 1. The summed E-state index contributed by atoms with van der Waals surface area (Å²) in [4.78, 5) is 61.3. The van der Waals surface area contributed by atoms with E-state index in [1.54, 1.807) is 48.9 Å². The molecule has 0 radical (unpaired) electrons. The smallest absolute Gasteiger partial charge is 0.341 e. The van der Waals surface area contributed by atoms with Crippen molar-refractivity contribution in [2.24, 2.45) is 5.92 Å². The Hall–Kier alpha value is -6.29. The van der Waals surface area contributed by atoms with Gasteiger partial charge in [-0.1, -0.05) is 98.8 Å². The molecule has 2 N–H and O–H groups in total. The van der Waals surface area contributed by atoms with Crippen LogP contribution in [0.1, 0.15) is 45.7 Å². The van der Waals surface area contributed by atoms with Crippen LogP contribution in [0.5, 0.6) is 0 Å². The van der Waals surface area contributed by atoms with Crippen molar-refractivity contribution < 1.29 is 24.2 Å². The summed E-state index contributed by atoms with van der Waals surface area (Å²) in [6, 6.07) is 32.9. The van der Waals surface area contributed by atoms with Crippen LogP contribution in [0.4, 0.5) is 0 Å². The zero-order valence-corrected chi connectivity index (χ0v) is 27.9. The molecule has 10 heteroatoms. The van der Waals surface area contributed by atoms with Gasteiger partial charge in [0, 0.05) is 36.3 Å². The van der Waals surface area contributed by atoms with Gasteiger partial charge < -0.3 is 24.3 Å². The van der Waals surface area contributed by atoms with E-state index in [0.717, 1.165) is 22.2 Å². The molecule has 10 nitrogen and oxygen atoms in total. The van der Waals surface area contributed by atoms with E-state index in [2.05, 4.69) is 5.32 Å². The minimum atomic E-state index is -1.20. The van der Waals surface area contributed by atoms with Gasteiger partial charge in [-0.2, -0.15) is 0 Å². The van der Waals surface area contributed by atoms with Crippen LogP contribution >= 0.6 is 0 Å². The average Bonchev–Trinajstić information content (AvgIpc) is 3.13. The number of nitrogens with one attached hydrogen (secondary N) is 1. The van der Waals surface area contributed by atoms with Crippen molar-refractivity contribution in [3.05, 3.63) is 164 Å². The van der Waals surface area contributed by atoms with E-state index >= 15 is 0 Å². The van der Waals surface area contributed by atoms with E-state index in [0.29, 0.717) is 23.9 Å². The highest BCUT2D eigenvalue weighted by Crippen LogP contribution is 2.16. The molecule has 0 saturated carbocycles. The number of nitrogens with zero attached hydrogens (tertiary/aromatic N) is 2. The summed E-state index contributed by atoms with van der Waals surface area (Å²) in [5.41, 5.74) is 2.54. The lowest BCUT2D eigenvalue weighted by molar-refractivity contribution is -0.144. The Labute approximate surface area is 288 Å². The van der Waals surface area contributed by atoms with Gasteiger partial charge in [0.2, 0.25) is 10.9 Å². The van der Waals surface area contributed by atoms with Gasteiger partial charge in [-0.3, -0.25) is 14.4 Å². The third kappa shape index (κ3) is 7.87. The number of fused-ring (bicyclic) bond motifs is 2. The third-order valence-electron chi connectivity index (χ3n) is 8.25. The fourth-order valence-electron chi connectivity index (χ4n) is 5.67. The van der Waals surface area contributed by atoms with Crippen LogP contribution in [0.3, 0.4) is 0 Å². The van der Waals surface area contributed by atoms with Crippen molar-refractivity contribution in [1.29, 1.82) is 0 Å². The van der Waals surface area contributed by atoms with Crippen molar-refractivity contribution in [2.75, 3.05) is 7.11 Å². The molecular weight excluding hydrogens is 634 g/mol. The second-order valence-electron chi connectivity index (χ2n) is 12.0. The predicted octanol–water partition coefficient (Wildman–Crippen LogP) is 5.73. The van der Waals surface area contributed by atoms with Crippen LogP contribution in [0, 0.1) is 5.92 Å². The lowest BCUT2D eigenvalue weighted by Gasteiger charge is -2.20. The Morgan fingerprint density at radius 3 is 1.52 bits per heavy atom. The Morgan fingerprint density at radius 2 is 1.08 bits per heavy atom. The Morgan fingerprint density at radius 1 is 0.660 bits per heavy atom. The number of hydrogen-bond donors (Lipinski definition) is 2. The van der Waals surface area contributed by atoms with Gasteiger partial charge in [-0.25, -0.2) is 9.59 Å².